The molecule has 1 aromatic carbocycles. The Balaban J connectivity index is 1.55. The van der Waals surface area contributed by atoms with Crippen molar-refractivity contribution >= 4 is 11.8 Å². The first-order chi connectivity index (χ1) is 13.5. The van der Waals surface area contributed by atoms with Crippen LogP contribution in [0.2, 0.25) is 0 Å². The molecule has 2 aromatic rings. The topological polar surface area (TPSA) is 71.5 Å². The van der Waals surface area contributed by atoms with Crippen molar-refractivity contribution in [1.82, 2.24) is 15.2 Å². The van der Waals surface area contributed by atoms with Crippen LogP contribution >= 0.6 is 0 Å². The van der Waals surface area contributed by atoms with E-state index in [2.05, 4.69) is 10.3 Å². The Hall–Kier alpha value is -2.89. The number of aromatic nitrogens is 1. The number of fused-ring (bicyclic) bond motifs is 1. The van der Waals surface area contributed by atoms with Crippen LogP contribution in [-0.4, -0.2) is 40.9 Å². The zero-order chi connectivity index (χ0) is 19.6. The van der Waals surface area contributed by atoms with Crippen LogP contribution in [0.3, 0.4) is 0 Å². The van der Waals surface area contributed by atoms with Gasteiger partial charge < -0.3 is 15.0 Å². The van der Waals surface area contributed by atoms with E-state index in [9.17, 15) is 9.59 Å². The Bertz CT molecular complexity index is 870. The largest absolute Gasteiger partial charge is 0.487 e. The lowest BCUT2D eigenvalue weighted by Crippen LogP contribution is -2.46. The number of hydrogen-bond acceptors (Lipinski definition) is 4. The van der Waals surface area contributed by atoms with E-state index >= 15 is 0 Å². The average Bonchev–Trinajstić information content (AvgIpc) is 2.83. The molecule has 1 spiro atoms. The minimum Gasteiger partial charge on any atom is -0.487 e. The van der Waals surface area contributed by atoms with Gasteiger partial charge in [-0.1, -0.05) is 24.3 Å². The molecule has 0 unspecified atom stereocenters. The summed E-state index contributed by atoms with van der Waals surface area (Å²) in [6.45, 7) is 0.662. The minimum absolute atomic E-state index is 0.0580. The first-order valence-corrected chi connectivity index (χ1v) is 9.76. The first-order valence-electron chi connectivity index (χ1n) is 9.76. The van der Waals surface area contributed by atoms with Gasteiger partial charge >= 0.3 is 0 Å². The van der Waals surface area contributed by atoms with Crippen molar-refractivity contribution in [2.45, 2.75) is 43.7 Å². The predicted octanol–water partition coefficient (Wildman–Crippen LogP) is 2.65. The second kappa shape index (κ2) is 7.62. The number of ether oxygens (including phenoxy) is 1. The molecule has 4 rings (SSSR count). The van der Waals surface area contributed by atoms with Gasteiger partial charge in [0, 0.05) is 50.3 Å². The molecule has 0 radical (unpaired) electrons. The van der Waals surface area contributed by atoms with E-state index in [1.54, 1.807) is 11.1 Å². The van der Waals surface area contributed by atoms with Crippen molar-refractivity contribution in [2.75, 3.05) is 13.6 Å². The average molecular weight is 379 g/mol. The van der Waals surface area contributed by atoms with Crippen LogP contribution in [-0.2, 0) is 16.0 Å². The Morgan fingerprint density at radius 2 is 2.07 bits per heavy atom. The molecule has 1 saturated heterocycles. The molecule has 1 N–H and O–H groups in total. The summed E-state index contributed by atoms with van der Waals surface area (Å²) in [7, 11) is 1.84. The molecule has 0 saturated carbocycles. The summed E-state index contributed by atoms with van der Waals surface area (Å²) in [6, 6.07) is 13.3. The molecule has 1 aromatic heterocycles. The SMILES string of the molecule is CN1CC[C@]2(CCC1=O)C[C@H](NC(=O)Cc1ccccn1)c1ccccc1O2. The first kappa shape index (κ1) is 18.5. The zero-order valence-electron chi connectivity index (χ0n) is 16.1. The Morgan fingerprint density at radius 3 is 2.89 bits per heavy atom. The maximum absolute atomic E-state index is 12.7. The highest BCUT2D eigenvalue weighted by atomic mass is 16.5. The molecule has 6 heteroatoms. The van der Waals surface area contributed by atoms with Crippen molar-refractivity contribution in [3.63, 3.8) is 0 Å². The lowest BCUT2D eigenvalue weighted by Gasteiger charge is -2.42. The van der Waals surface area contributed by atoms with Crippen LogP contribution in [0.4, 0.5) is 0 Å². The highest BCUT2D eigenvalue weighted by molar-refractivity contribution is 5.79. The molecular weight excluding hydrogens is 354 g/mol. The summed E-state index contributed by atoms with van der Waals surface area (Å²) in [5.41, 5.74) is 1.31. The fourth-order valence-corrected chi connectivity index (χ4v) is 4.11. The number of likely N-dealkylation sites (tertiary alicyclic amines) is 1. The van der Waals surface area contributed by atoms with E-state index < -0.39 is 5.60 Å². The molecule has 0 bridgehead atoms. The molecule has 146 valence electrons. The number of amides is 2. The van der Waals surface area contributed by atoms with E-state index in [0.29, 0.717) is 25.8 Å². The lowest BCUT2D eigenvalue weighted by atomic mass is 9.82. The molecule has 2 atom stereocenters. The normalized spacial score (nSPS) is 24.2. The summed E-state index contributed by atoms with van der Waals surface area (Å²) in [4.78, 5) is 30.8. The zero-order valence-corrected chi connectivity index (χ0v) is 16.1. The van der Waals surface area contributed by atoms with Gasteiger partial charge in [-0.3, -0.25) is 14.6 Å². The smallest absolute Gasteiger partial charge is 0.226 e. The van der Waals surface area contributed by atoms with Crippen molar-refractivity contribution in [2.24, 2.45) is 0 Å². The third-order valence-electron chi connectivity index (χ3n) is 5.72. The second-order valence-electron chi connectivity index (χ2n) is 7.71. The van der Waals surface area contributed by atoms with E-state index in [0.717, 1.165) is 23.4 Å². The third-order valence-corrected chi connectivity index (χ3v) is 5.72. The van der Waals surface area contributed by atoms with E-state index in [4.69, 9.17) is 4.74 Å². The van der Waals surface area contributed by atoms with Gasteiger partial charge in [-0.25, -0.2) is 0 Å². The third kappa shape index (κ3) is 3.86. The maximum Gasteiger partial charge on any atom is 0.226 e. The summed E-state index contributed by atoms with van der Waals surface area (Å²) in [5.74, 6) is 0.890. The molecule has 1 fully saturated rings. The van der Waals surface area contributed by atoms with Gasteiger partial charge in [-0.15, -0.1) is 0 Å². The molecule has 3 heterocycles. The maximum atomic E-state index is 12.7. The van der Waals surface area contributed by atoms with Gasteiger partial charge in [0.25, 0.3) is 0 Å². The number of rotatable bonds is 3. The summed E-state index contributed by atoms with van der Waals surface area (Å²) in [6.07, 6.45) is 4.49. The van der Waals surface area contributed by atoms with Gasteiger partial charge in [0.1, 0.15) is 11.4 Å². The fourth-order valence-electron chi connectivity index (χ4n) is 4.11. The van der Waals surface area contributed by atoms with Crippen LogP contribution in [0.5, 0.6) is 5.75 Å². The number of carbonyl (C=O) groups is 2. The van der Waals surface area contributed by atoms with Gasteiger partial charge in [-0.05, 0) is 24.6 Å². The number of benzene rings is 1. The molecular formula is C22H25N3O3. The van der Waals surface area contributed by atoms with Crippen LogP contribution in [0, 0.1) is 0 Å². The number of para-hydroxylation sites is 1. The monoisotopic (exact) mass is 379 g/mol. The van der Waals surface area contributed by atoms with Crippen LogP contribution in [0.1, 0.15) is 43.0 Å². The summed E-state index contributed by atoms with van der Waals surface area (Å²) in [5, 5.41) is 3.18. The van der Waals surface area contributed by atoms with Gasteiger partial charge in [-0.2, -0.15) is 0 Å². The van der Waals surface area contributed by atoms with Crippen molar-refractivity contribution in [3.8, 4) is 5.75 Å². The van der Waals surface area contributed by atoms with Crippen LogP contribution < -0.4 is 10.1 Å². The van der Waals surface area contributed by atoms with Gasteiger partial charge in [0.05, 0.1) is 12.5 Å². The van der Waals surface area contributed by atoms with Gasteiger partial charge in [0.2, 0.25) is 11.8 Å². The van der Waals surface area contributed by atoms with E-state index in [-0.39, 0.29) is 24.3 Å². The van der Waals surface area contributed by atoms with Crippen LogP contribution in [0.25, 0.3) is 0 Å². The summed E-state index contributed by atoms with van der Waals surface area (Å²) >= 11 is 0. The van der Waals surface area contributed by atoms with Gasteiger partial charge in [0.15, 0.2) is 0 Å². The highest BCUT2D eigenvalue weighted by Crippen LogP contribution is 2.44. The molecule has 6 nitrogen and oxygen atoms in total. The van der Waals surface area contributed by atoms with E-state index in [1.807, 2.05) is 49.5 Å². The number of pyridine rings is 1. The Morgan fingerprint density at radius 1 is 1.25 bits per heavy atom. The summed E-state index contributed by atoms with van der Waals surface area (Å²) < 4.78 is 6.42. The highest BCUT2D eigenvalue weighted by Gasteiger charge is 2.43. The second-order valence-corrected chi connectivity index (χ2v) is 7.71. The lowest BCUT2D eigenvalue weighted by molar-refractivity contribution is -0.129. The van der Waals surface area contributed by atoms with Crippen LogP contribution in [0.15, 0.2) is 48.7 Å². The molecule has 2 amide bonds. The number of carbonyl (C=O) groups excluding carboxylic acids is 2. The molecule has 28 heavy (non-hydrogen) atoms. The van der Waals surface area contributed by atoms with Crippen molar-refractivity contribution in [1.29, 1.82) is 0 Å². The fraction of sp³-hybridized carbons (Fsp3) is 0.409. The number of hydrogen-bond donors (Lipinski definition) is 1. The standard InChI is InChI=1S/C22H25N3O3/c1-25-13-11-22(10-9-21(25)27)15-18(17-7-2-3-8-19(17)28-22)24-20(26)14-16-6-4-5-12-23-16/h2-8,12,18H,9-11,13-15H2,1H3,(H,24,26)/t18-,22+/m0/s1. The minimum atomic E-state index is -0.433. The molecule has 2 aliphatic heterocycles. The van der Waals surface area contributed by atoms with Crippen molar-refractivity contribution < 1.29 is 14.3 Å². The quantitative estimate of drug-likeness (QED) is 0.890. The Kier molecular flexibility index (Phi) is 5.03. The predicted molar refractivity (Wildman–Crippen MR) is 105 cm³/mol. The molecule has 2 aliphatic rings. The Labute approximate surface area is 164 Å². The number of nitrogens with one attached hydrogen (secondary N) is 1. The molecule has 0 aliphatic carbocycles. The van der Waals surface area contributed by atoms with E-state index in [1.165, 1.54) is 0 Å². The van der Waals surface area contributed by atoms with Crippen molar-refractivity contribution in [3.05, 3.63) is 59.9 Å². The number of nitrogens with zero attached hydrogens (tertiary/aromatic N) is 2.